The van der Waals surface area contributed by atoms with E-state index in [-0.39, 0.29) is 5.91 Å². The molecule has 0 aliphatic carbocycles. The second kappa shape index (κ2) is 8.51. The molecular formula is C15H22INO. The van der Waals surface area contributed by atoms with Gasteiger partial charge in [-0.3, -0.25) is 4.79 Å². The molecule has 0 aliphatic rings. The number of alkyl halides is 1. The third-order valence-electron chi connectivity index (χ3n) is 3.20. The van der Waals surface area contributed by atoms with E-state index in [4.69, 9.17) is 0 Å². The van der Waals surface area contributed by atoms with Gasteiger partial charge in [0.05, 0.1) is 0 Å². The fourth-order valence-electron chi connectivity index (χ4n) is 1.87. The maximum Gasteiger partial charge on any atom is 0.251 e. The lowest BCUT2D eigenvalue weighted by molar-refractivity contribution is 0.0952. The van der Waals surface area contributed by atoms with Crippen LogP contribution in [0, 0.1) is 13.8 Å². The summed E-state index contributed by atoms with van der Waals surface area (Å²) in [7, 11) is 0. The second-order valence-electron chi connectivity index (χ2n) is 4.61. The third-order valence-corrected chi connectivity index (χ3v) is 3.96. The monoisotopic (exact) mass is 359 g/mol. The van der Waals surface area contributed by atoms with Crippen LogP contribution in [0.2, 0.25) is 0 Å². The number of hydrogen-bond donors (Lipinski definition) is 1. The minimum Gasteiger partial charge on any atom is -0.352 e. The number of rotatable bonds is 7. The van der Waals surface area contributed by atoms with Crippen LogP contribution in [0.4, 0.5) is 0 Å². The Morgan fingerprint density at radius 2 is 1.89 bits per heavy atom. The predicted molar refractivity (Wildman–Crippen MR) is 85.6 cm³/mol. The Kier molecular flexibility index (Phi) is 7.32. The number of benzene rings is 1. The molecule has 0 heterocycles. The minimum atomic E-state index is 0.0603. The van der Waals surface area contributed by atoms with Gasteiger partial charge in [0, 0.05) is 12.1 Å². The number of unbranched alkanes of at least 4 members (excludes halogenated alkanes) is 3. The fraction of sp³-hybridized carbons (Fsp3) is 0.533. The van der Waals surface area contributed by atoms with Crippen LogP contribution in [0.5, 0.6) is 0 Å². The van der Waals surface area contributed by atoms with Gasteiger partial charge < -0.3 is 5.32 Å². The van der Waals surface area contributed by atoms with E-state index in [1.54, 1.807) is 0 Å². The van der Waals surface area contributed by atoms with Crippen molar-refractivity contribution in [1.82, 2.24) is 5.32 Å². The average Bonchev–Trinajstić information content (AvgIpc) is 2.36. The highest BCUT2D eigenvalue weighted by Crippen LogP contribution is 2.12. The molecule has 1 aromatic rings. The third kappa shape index (κ3) is 4.96. The molecule has 1 rings (SSSR count). The quantitative estimate of drug-likeness (QED) is 0.445. The molecule has 0 spiro atoms. The maximum absolute atomic E-state index is 12.0. The van der Waals surface area contributed by atoms with Gasteiger partial charge in [0.1, 0.15) is 0 Å². The molecule has 0 radical (unpaired) electrons. The van der Waals surface area contributed by atoms with Gasteiger partial charge in [-0.15, -0.1) is 0 Å². The minimum absolute atomic E-state index is 0.0603. The summed E-state index contributed by atoms with van der Waals surface area (Å²) in [4.78, 5) is 12.0. The van der Waals surface area contributed by atoms with Gasteiger partial charge in [0.2, 0.25) is 0 Å². The van der Waals surface area contributed by atoms with Gasteiger partial charge in [-0.1, -0.05) is 47.6 Å². The van der Waals surface area contributed by atoms with Crippen LogP contribution in [0.15, 0.2) is 18.2 Å². The lowest BCUT2D eigenvalue weighted by Gasteiger charge is -2.09. The van der Waals surface area contributed by atoms with E-state index in [0.717, 1.165) is 24.1 Å². The van der Waals surface area contributed by atoms with E-state index >= 15 is 0 Å². The Morgan fingerprint density at radius 1 is 1.17 bits per heavy atom. The highest BCUT2D eigenvalue weighted by Gasteiger charge is 2.08. The summed E-state index contributed by atoms with van der Waals surface area (Å²) in [6.07, 6.45) is 4.83. The van der Waals surface area contributed by atoms with Crippen LogP contribution in [-0.2, 0) is 0 Å². The Morgan fingerprint density at radius 3 is 2.61 bits per heavy atom. The van der Waals surface area contributed by atoms with Gasteiger partial charge in [-0.25, -0.2) is 0 Å². The number of amides is 1. The molecule has 3 heteroatoms. The number of hydrogen-bond acceptors (Lipinski definition) is 1. The number of carbonyl (C=O) groups excluding carboxylic acids is 1. The highest BCUT2D eigenvalue weighted by molar-refractivity contribution is 14.1. The number of nitrogens with one attached hydrogen (secondary N) is 1. The number of aryl methyl sites for hydroxylation is 1. The van der Waals surface area contributed by atoms with Crippen molar-refractivity contribution in [2.45, 2.75) is 39.5 Å². The van der Waals surface area contributed by atoms with Crippen molar-refractivity contribution in [3.05, 3.63) is 34.9 Å². The average molecular weight is 359 g/mol. The van der Waals surface area contributed by atoms with Gasteiger partial charge in [-0.2, -0.15) is 0 Å². The van der Waals surface area contributed by atoms with Crippen LogP contribution < -0.4 is 5.32 Å². The first-order chi connectivity index (χ1) is 8.66. The van der Waals surface area contributed by atoms with Crippen LogP contribution in [0.25, 0.3) is 0 Å². The first-order valence-corrected chi connectivity index (χ1v) is 8.09. The van der Waals surface area contributed by atoms with Crippen molar-refractivity contribution in [3.8, 4) is 0 Å². The zero-order valence-electron chi connectivity index (χ0n) is 11.3. The molecule has 2 nitrogen and oxygen atoms in total. The first-order valence-electron chi connectivity index (χ1n) is 6.57. The predicted octanol–water partition coefficient (Wildman–Crippen LogP) is 4.03. The van der Waals surface area contributed by atoms with Crippen molar-refractivity contribution in [1.29, 1.82) is 0 Å². The molecule has 0 atom stereocenters. The molecule has 1 aromatic carbocycles. The summed E-state index contributed by atoms with van der Waals surface area (Å²) in [5.41, 5.74) is 3.06. The van der Waals surface area contributed by atoms with Gasteiger partial charge >= 0.3 is 0 Å². The van der Waals surface area contributed by atoms with Crippen LogP contribution >= 0.6 is 22.6 Å². The van der Waals surface area contributed by atoms with E-state index in [1.165, 1.54) is 29.3 Å². The molecule has 0 saturated heterocycles. The zero-order valence-corrected chi connectivity index (χ0v) is 13.4. The fourth-order valence-corrected chi connectivity index (χ4v) is 2.41. The standard InChI is InChI=1S/C15H22INO/c1-12-8-7-9-14(13(12)2)15(18)17-11-6-4-3-5-10-16/h7-9H,3-6,10-11H2,1-2H3,(H,17,18). The molecule has 1 N–H and O–H groups in total. The molecule has 0 unspecified atom stereocenters. The summed E-state index contributed by atoms with van der Waals surface area (Å²) in [5, 5.41) is 3.00. The van der Waals surface area contributed by atoms with Crippen LogP contribution in [0.3, 0.4) is 0 Å². The molecule has 0 aliphatic heterocycles. The van der Waals surface area contributed by atoms with Crippen molar-refractivity contribution in [3.63, 3.8) is 0 Å². The summed E-state index contributed by atoms with van der Waals surface area (Å²) in [6.45, 7) is 4.83. The number of halogens is 1. The molecule has 100 valence electrons. The molecule has 1 amide bonds. The molecule has 0 aromatic heterocycles. The number of carbonyl (C=O) groups is 1. The SMILES string of the molecule is Cc1cccc(C(=O)NCCCCCCI)c1C. The molecule has 0 saturated carbocycles. The molecule has 18 heavy (non-hydrogen) atoms. The van der Waals surface area contributed by atoms with Crippen molar-refractivity contribution in [2.24, 2.45) is 0 Å². The Bertz CT molecular complexity index is 390. The van der Waals surface area contributed by atoms with Crippen LogP contribution in [-0.4, -0.2) is 16.9 Å². The van der Waals surface area contributed by atoms with Gasteiger partial charge in [0.15, 0.2) is 0 Å². The van der Waals surface area contributed by atoms with Gasteiger partial charge in [-0.05, 0) is 48.3 Å². The van der Waals surface area contributed by atoms with E-state index < -0.39 is 0 Å². The van der Waals surface area contributed by atoms with E-state index in [2.05, 4.69) is 27.9 Å². The topological polar surface area (TPSA) is 29.1 Å². The normalized spacial score (nSPS) is 10.4. The van der Waals surface area contributed by atoms with E-state index in [1.807, 2.05) is 32.0 Å². The molecule has 0 bridgehead atoms. The maximum atomic E-state index is 12.0. The largest absolute Gasteiger partial charge is 0.352 e. The summed E-state index contributed by atoms with van der Waals surface area (Å²) >= 11 is 2.40. The summed E-state index contributed by atoms with van der Waals surface area (Å²) < 4.78 is 1.23. The summed E-state index contributed by atoms with van der Waals surface area (Å²) in [5.74, 6) is 0.0603. The van der Waals surface area contributed by atoms with E-state index in [0.29, 0.717) is 0 Å². The van der Waals surface area contributed by atoms with E-state index in [9.17, 15) is 4.79 Å². The molecule has 0 fully saturated rings. The van der Waals surface area contributed by atoms with Crippen LogP contribution in [0.1, 0.15) is 47.2 Å². The Hall–Kier alpha value is -0.580. The first kappa shape index (κ1) is 15.5. The Labute approximate surface area is 124 Å². The van der Waals surface area contributed by atoms with Crippen molar-refractivity contribution >= 4 is 28.5 Å². The van der Waals surface area contributed by atoms with Crippen molar-refractivity contribution in [2.75, 3.05) is 11.0 Å². The lowest BCUT2D eigenvalue weighted by Crippen LogP contribution is -2.25. The van der Waals surface area contributed by atoms with Gasteiger partial charge in [0.25, 0.3) is 5.91 Å². The van der Waals surface area contributed by atoms with Crippen molar-refractivity contribution < 1.29 is 4.79 Å². The smallest absolute Gasteiger partial charge is 0.251 e. The highest BCUT2D eigenvalue weighted by atomic mass is 127. The Balaban J connectivity index is 2.35. The summed E-state index contributed by atoms with van der Waals surface area (Å²) in [6, 6.07) is 5.88. The second-order valence-corrected chi connectivity index (χ2v) is 5.69. The zero-order chi connectivity index (χ0) is 13.4. The molecular weight excluding hydrogens is 337 g/mol. The lowest BCUT2D eigenvalue weighted by atomic mass is 10.0.